The summed E-state index contributed by atoms with van der Waals surface area (Å²) in [5.41, 5.74) is 0.599. The smallest absolute Gasteiger partial charge is 0.254 e. The van der Waals surface area contributed by atoms with Crippen molar-refractivity contribution < 1.29 is 9.90 Å². The molecular formula is C12H13BrClNO2. The van der Waals surface area contributed by atoms with E-state index in [0.717, 1.165) is 12.8 Å². The first-order chi connectivity index (χ1) is 8.13. The molecule has 0 saturated heterocycles. The fraction of sp³-hybridized carbons (Fsp3) is 0.417. The van der Waals surface area contributed by atoms with E-state index < -0.39 is 0 Å². The van der Waals surface area contributed by atoms with Gasteiger partial charge in [-0.15, -0.1) is 0 Å². The van der Waals surface area contributed by atoms with Gasteiger partial charge in [-0.05, 0) is 47.0 Å². The van der Waals surface area contributed by atoms with E-state index in [4.69, 9.17) is 16.7 Å². The maximum atomic E-state index is 12.2. The van der Waals surface area contributed by atoms with Crippen LogP contribution in [0.25, 0.3) is 0 Å². The number of benzene rings is 1. The quantitative estimate of drug-likeness (QED) is 0.927. The van der Waals surface area contributed by atoms with Gasteiger partial charge in [0.25, 0.3) is 5.91 Å². The molecule has 1 N–H and O–H groups in total. The number of aliphatic hydroxyl groups is 1. The zero-order valence-corrected chi connectivity index (χ0v) is 11.5. The third kappa shape index (κ3) is 3.00. The number of rotatable bonds is 4. The second-order valence-electron chi connectivity index (χ2n) is 4.08. The monoisotopic (exact) mass is 317 g/mol. The predicted molar refractivity (Wildman–Crippen MR) is 70.3 cm³/mol. The van der Waals surface area contributed by atoms with Crippen LogP contribution in [-0.4, -0.2) is 35.1 Å². The molecule has 0 spiro atoms. The molecule has 1 saturated carbocycles. The fourth-order valence-electron chi connectivity index (χ4n) is 1.74. The Bertz CT molecular complexity index is 435. The van der Waals surface area contributed by atoms with Crippen LogP contribution < -0.4 is 0 Å². The van der Waals surface area contributed by atoms with Gasteiger partial charge in [-0.3, -0.25) is 4.79 Å². The molecule has 0 heterocycles. The molecule has 1 amide bonds. The lowest BCUT2D eigenvalue weighted by molar-refractivity contribution is 0.0707. The van der Waals surface area contributed by atoms with Crippen molar-refractivity contribution in [1.29, 1.82) is 0 Å². The summed E-state index contributed by atoms with van der Waals surface area (Å²) in [6, 6.07) is 5.42. The van der Waals surface area contributed by atoms with E-state index in [1.165, 1.54) is 0 Å². The van der Waals surface area contributed by atoms with Crippen molar-refractivity contribution in [3.05, 3.63) is 33.3 Å². The van der Waals surface area contributed by atoms with Gasteiger partial charge < -0.3 is 10.0 Å². The van der Waals surface area contributed by atoms with Crippen LogP contribution in [0.2, 0.25) is 5.02 Å². The first-order valence-electron chi connectivity index (χ1n) is 5.50. The zero-order valence-electron chi connectivity index (χ0n) is 9.20. The number of carbonyl (C=O) groups is 1. The number of aliphatic hydroxyl groups excluding tert-OH is 1. The van der Waals surface area contributed by atoms with Crippen molar-refractivity contribution in [3.8, 4) is 0 Å². The van der Waals surface area contributed by atoms with Crippen LogP contribution in [0, 0.1) is 0 Å². The second-order valence-corrected chi connectivity index (χ2v) is 5.34. The molecule has 2 rings (SSSR count). The van der Waals surface area contributed by atoms with Gasteiger partial charge in [0.2, 0.25) is 0 Å². The summed E-state index contributed by atoms with van der Waals surface area (Å²) in [5.74, 6) is -0.0427. The van der Waals surface area contributed by atoms with E-state index in [-0.39, 0.29) is 12.5 Å². The Balaban J connectivity index is 2.19. The van der Waals surface area contributed by atoms with E-state index in [1.807, 2.05) is 0 Å². The maximum absolute atomic E-state index is 12.2. The third-order valence-corrected chi connectivity index (χ3v) is 3.97. The summed E-state index contributed by atoms with van der Waals surface area (Å²) in [4.78, 5) is 14.0. The summed E-state index contributed by atoms with van der Waals surface area (Å²) >= 11 is 9.19. The number of hydrogen-bond donors (Lipinski definition) is 1. The van der Waals surface area contributed by atoms with E-state index in [2.05, 4.69) is 15.9 Å². The average molecular weight is 319 g/mol. The molecule has 1 aliphatic carbocycles. The number of halogens is 2. The Morgan fingerprint density at radius 3 is 2.76 bits per heavy atom. The summed E-state index contributed by atoms with van der Waals surface area (Å²) in [6.07, 6.45) is 2.06. The van der Waals surface area contributed by atoms with Crippen LogP contribution in [0.15, 0.2) is 22.7 Å². The molecule has 0 aliphatic heterocycles. The molecule has 0 aromatic heterocycles. The Morgan fingerprint density at radius 1 is 1.53 bits per heavy atom. The summed E-state index contributed by atoms with van der Waals surface area (Å²) in [7, 11) is 0. The van der Waals surface area contributed by atoms with Crippen molar-refractivity contribution >= 4 is 33.4 Å². The predicted octanol–water partition coefficient (Wildman–Crippen LogP) is 2.70. The lowest BCUT2D eigenvalue weighted by atomic mass is 10.2. The van der Waals surface area contributed by atoms with E-state index in [9.17, 15) is 4.79 Å². The molecule has 0 bridgehead atoms. The minimum atomic E-state index is -0.0427. The number of hydrogen-bond acceptors (Lipinski definition) is 2. The normalized spacial score (nSPS) is 14.8. The highest BCUT2D eigenvalue weighted by Crippen LogP contribution is 2.29. The molecule has 5 heteroatoms. The van der Waals surface area contributed by atoms with E-state index in [0.29, 0.717) is 27.6 Å². The summed E-state index contributed by atoms with van der Waals surface area (Å²) < 4.78 is 0.713. The Hall–Kier alpha value is -0.580. The number of nitrogens with zero attached hydrogens (tertiary/aromatic N) is 1. The topological polar surface area (TPSA) is 40.5 Å². The molecule has 92 valence electrons. The van der Waals surface area contributed by atoms with Gasteiger partial charge in [0.15, 0.2) is 0 Å². The first kappa shape index (κ1) is 12.9. The Kier molecular flexibility index (Phi) is 4.07. The highest BCUT2D eigenvalue weighted by molar-refractivity contribution is 9.10. The van der Waals surface area contributed by atoms with Crippen LogP contribution in [-0.2, 0) is 0 Å². The minimum Gasteiger partial charge on any atom is -0.395 e. The first-order valence-corrected chi connectivity index (χ1v) is 6.67. The molecule has 0 atom stereocenters. The molecule has 1 aromatic rings. The fourth-order valence-corrected chi connectivity index (χ4v) is 2.24. The molecule has 0 unspecified atom stereocenters. The highest BCUT2D eigenvalue weighted by Gasteiger charge is 2.32. The van der Waals surface area contributed by atoms with Crippen LogP contribution in [0.5, 0.6) is 0 Å². The van der Waals surface area contributed by atoms with Gasteiger partial charge >= 0.3 is 0 Å². The minimum absolute atomic E-state index is 0.00298. The molecule has 3 nitrogen and oxygen atoms in total. The largest absolute Gasteiger partial charge is 0.395 e. The molecule has 17 heavy (non-hydrogen) atoms. The standard InChI is InChI=1S/C12H13BrClNO2/c13-10-7-8(1-4-11(10)14)12(17)15(5-6-16)9-2-3-9/h1,4,7,9,16H,2-3,5-6H2. The van der Waals surface area contributed by atoms with Crippen LogP contribution in [0.1, 0.15) is 23.2 Å². The molecule has 1 fully saturated rings. The molecule has 1 aromatic carbocycles. The molecule has 1 aliphatic rings. The molecular weight excluding hydrogens is 305 g/mol. The van der Waals surface area contributed by atoms with Gasteiger partial charge in [0, 0.05) is 22.6 Å². The van der Waals surface area contributed by atoms with E-state index in [1.54, 1.807) is 23.1 Å². The summed E-state index contributed by atoms with van der Waals surface area (Å²) in [6.45, 7) is 0.390. The van der Waals surface area contributed by atoms with Gasteiger partial charge in [-0.1, -0.05) is 11.6 Å². The van der Waals surface area contributed by atoms with Crippen LogP contribution in [0.4, 0.5) is 0 Å². The second kappa shape index (κ2) is 5.38. The van der Waals surface area contributed by atoms with Gasteiger partial charge in [0.1, 0.15) is 0 Å². The number of carbonyl (C=O) groups excluding carboxylic acids is 1. The van der Waals surface area contributed by atoms with Crippen molar-refractivity contribution in [1.82, 2.24) is 4.90 Å². The third-order valence-electron chi connectivity index (χ3n) is 2.76. The van der Waals surface area contributed by atoms with Crippen molar-refractivity contribution in [2.45, 2.75) is 18.9 Å². The van der Waals surface area contributed by atoms with Gasteiger partial charge in [-0.25, -0.2) is 0 Å². The Labute approximate surface area is 114 Å². The Morgan fingerprint density at radius 2 is 2.24 bits per heavy atom. The lowest BCUT2D eigenvalue weighted by Gasteiger charge is -2.21. The van der Waals surface area contributed by atoms with Gasteiger partial charge in [-0.2, -0.15) is 0 Å². The van der Waals surface area contributed by atoms with Crippen molar-refractivity contribution in [3.63, 3.8) is 0 Å². The zero-order chi connectivity index (χ0) is 12.4. The van der Waals surface area contributed by atoms with Crippen molar-refractivity contribution in [2.24, 2.45) is 0 Å². The maximum Gasteiger partial charge on any atom is 0.254 e. The van der Waals surface area contributed by atoms with E-state index >= 15 is 0 Å². The lowest BCUT2D eigenvalue weighted by Crippen LogP contribution is -2.35. The van der Waals surface area contributed by atoms with Gasteiger partial charge in [0.05, 0.1) is 11.6 Å². The van der Waals surface area contributed by atoms with Crippen LogP contribution >= 0.6 is 27.5 Å². The SMILES string of the molecule is O=C(c1ccc(Cl)c(Br)c1)N(CCO)C1CC1. The number of amides is 1. The van der Waals surface area contributed by atoms with Crippen molar-refractivity contribution in [2.75, 3.05) is 13.2 Å². The average Bonchev–Trinajstić information content (AvgIpc) is 3.13. The highest BCUT2D eigenvalue weighted by atomic mass is 79.9. The molecule has 0 radical (unpaired) electrons. The summed E-state index contributed by atoms with van der Waals surface area (Å²) in [5, 5.41) is 9.57. The van der Waals surface area contributed by atoms with Crippen LogP contribution in [0.3, 0.4) is 0 Å².